The summed E-state index contributed by atoms with van der Waals surface area (Å²) >= 11 is 0. The molecule has 1 aliphatic heterocycles. The van der Waals surface area contributed by atoms with Crippen molar-refractivity contribution in [1.29, 1.82) is 0 Å². The van der Waals surface area contributed by atoms with Crippen molar-refractivity contribution in [3.63, 3.8) is 0 Å². The second-order valence-electron chi connectivity index (χ2n) is 3.50. The third kappa shape index (κ3) is 0.967. The zero-order valence-corrected chi connectivity index (χ0v) is 8.02. The Labute approximate surface area is 89.7 Å². The number of benzene rings is 1. The fourth-order valence-electron chi connectivity index (χ4n) is 1.87. The minimum atomic E-state index is -0.463. The van der Waals surface area contributed by atoms with Crippen LogP contribution in [0.1, 0.15) is 20.7 Å². The van der Waals surface area contributed by atoms with Crippen LogP contribution in [0.25, 0.3) is 10.9 Å². The lowest BCUT2D eigenvalue weighted by atomic mass is 9.98. The summed E-state index contributed by atoms with van der Waals surface area (Å²) in [6, 6.07) is 4.39. The number of pyridine rings is 1. The lowest BCUT2D eigenvalue weighted by Crippen LogP contribution is -2.34. The van der Waals surface area contributed by atoms with Crippen molar-refractivity contribution in [2.24, 2.45) is 0 Å². The summed E-state index contributed by atoms with van der Waals surface area (Å²) in [5.74, 6) is -0.964. The largest absolute Gasteiger partial charge is 0.506 e. The van der Waals surface area contributed by atoms with Gasteiger partial charge in [-0.1, -0.05) is 0 Å². The summed E-state index contributed by atoms with van der Waals surface area (Å²) in [6.45, 7) is 0. The van der Waals surface area contributed by atoms with Crippen LogP contribution < -0.4 is 5.32 Å². The van der Waals surface area contributed by atoms with Gasteiger partial charge in [-0.15, -0.1) is 0 Å². The molecule has 78 valence electrons. The van der Waals surface area contributed by atoms with Gasteiger partial charge in [0.15, 0.2) is 0 Å². The second-order valence-corrected chi connectivity index (χ2v) is 3.50. The molecule has 2 aromatic rings. The number of rotatable bonds is 0. The fourth-order valence-corrected chi connectivity index (χ4v) is 1.87. The van der Waals surface area contributed by atoms with Gasteiger partial charge in [0.05, 0.1) is 11.1 Å². The highest BCUT2D eigenvalue weighted by Crippen LogP contribution is 2.30. The average Bonchev–Trinajstić information content (AvgIpc) is 2.27. The van der Waals surface area contributed by atoms with Crippen LogP contribution in [0.3, 0.4) is 0 Å². The molecule has 0 unspecified atom stereocenters. The lowest BCUT2D eigenvalue weighted by Gasteiger charge is -2.15. The molecule has 1 aromatic heterocycles. The third-order valence-electron chi connectivity index (χ3n) is 2.59. The first-order valence-electron chi connectivity index (χ1n) is 4.65. The van der Waals surface area contributed by atoms with E-state index in [-0.39, 0.29) is 11.3 Å². The molecule has 0 radical (unpaired) electrons. The molecule has 2 amide bonds. The van der Waals surface area contributed by atoms with E-state index in [1.54, 1.807) is 0 Å². The van der Waals surface area contributed by atoms with Crippen LogP contribution >= 0.6 is 0 Å². The fraction of sp³-hybridized carbons (Fsp3) is 0. The van der Waals surface area contributed by atoms with Gasteiger partial charge in [0.2, 0.25) is 0 Å². The van der Waals surface area contributed by atoms with Crippen molar-refractivity contribution in [3.8, 4) is 5.75 Å². The van der Waals surface area contributed by atoms with Crippen LogP contribution in [-0.4, -0.2) is 21.9 Å². The van der Waals surface area contributed by atoms with E-state index >= 15 is 0 Å². The van der Waals surface area contributed by atoms with Crippen LogP contribution in [0.15, 0.2) is 24.4 Å². The minimum absolute atomic E-state index is 0.0388. The van der Waals surface area contributed by atoms with Gasteiger partial charge in [-0.2, -0.15) is 0 Å². The Morgan fingerprint density at radius 2 is 1.75 bits per heavy atom. The number of imide groups is 1. The number of amides is 2. The highest BCUT2D eigenvalue weighted by atomic mass is 16.3. The number of hydrogen-bond acceptors (Lipinski definition) is 4. The standard InChI is InChI=1S/C11H6N2O3/c14-7-2-1-5-8-6(3-4-12-9(7)8)11(16)13-10(5)15/h1-4,14H,(H,13,15,16). The van der Waals surface area contributed by atoms with Gasteiger partial charge in [0.1, 0.15) is 11.3 Å². The van der Waals surface area contributed by atoms with E-state index in [1.165, 1.54) is 24.4 Å². The molecule has 1 aliphatic rings. The van der Waals surface area contributed by atoms with Gasteiger partial charge >= 0.3 is 0 Å². The summed E-state index contributed by atoms with van der Waals surface area (Å²) in [6.07, 6.45) is 1.43. The number of nitrogens with zero attached hydrogens (tertiary/aromatic N) is 1. The Kier molecular flexibility index (Phi) is 1.54. The van der Waals surface area contributed by atoms with E-state index in [0.29, 0.717) is 16.5 Å². The normalized spacial score (nSPS) is 14.0. The van der Waals surface area contributed by atoms with E-state index in [4.69, 9.17) is 0 Å². The Balaban J connectivity index is 2.57. The smallest absolute Gasteiger partial charge is 0.258 e. The van der Waals surface area contributed by atoms with Gasteiger partial charge in [-0.25, -0.2) is 0 Å². The number of phenolic OH excluding ortho intramolecular Hbond substituents is 1. The van der Waals surface area contributed by atoms with E-state index in [1.807, 2.05) is 0 Å². The summed E-state index contributed by atoms with van der Waals surface area (Å²) in [7, 11) is 0. The Bertz CT molecular complexity index is 629. The molecule has 1 aromatic carbocycles. The quantitative estimate of drug-likeness (QED) is 0.636. The van der Waals surface area contributed by atoms with Crippen molar-refractivity contribution >= 4 is 22.7 Å². The maximum absolute atomic E-state index is 11.6. The number of aromatic hydroxyl groups is 1. The summed E-state index contributed by atoms with van der Waals surface area (Å²) < 4.78 is 0. The average molecular weight is 214 g/mol. The van der Waals surface area contributed by atoms with Crippen molar-refractivity contribution in [2.75, 3.05) is 0 Å². The Morgan fingerprint density at radius 3 is 2.50 bits per heavy atom. The lowest BCUT2D eigenvalue weighted by molar-refractivity contribution is 0.0845. The zero-order valence-electron chi connectivity index (χ0n) is 8.02. The molecule has 0 saturated heterocycles. The number of carbonyl (C=O) groups excluding carboxylic acids is 2. The molecular weight excluding hydrogens is 208 g/mol. The van der Waals surface area contributed by atoms with Gasteiger partial charge in [0, 0.05) is 11.6 Å². The summed E-state index contributed by atoms with van der Waals surface area (Å²) in [4.78, 5) is 27.1. The van der Waals surface area contributed by atoms with Crippen LogP contribution in [0, 0.1) is 0 Å². The molecule has 5 nitrogen and oxygen atoms in total. The number of carbonyl (C=O) groups is 2. The number of hydrogen-bond donors (Lipinski definition) is 2. The summed E-state index contributed by atoms with van der Waals surface area (Å²) in [5.41, 5.74) is 0.990. The monoisotopic (exact) mass is 214 g/mol. The molecule has 0 atom stereocenters. The van der Waals surface area contributed by atoms with Crippen molar-refractivity contribution in [3.05, 3.63) is 35.5 Å². The topological polar surface area (TPSA) is 79.3 Å². The van der Waals surface area contributed by atoms with Gasteiger partial charge < -0.3 is 5.11 Å². The first-order chi connectivity index (χ1) is 7.68. The van der Waals surface area contributed by atoms with Crippen LogP contribution in [0.4, 0.5) is 0 Å². The minimum Gasteiger partial charge on any atom is -0.506 e. The molecule has 0 fully saturated rings. The molecule has 5 heteroatoms. The molecule has 2 N–H and O–H groups in total. The number of aromatic nitrogens is 1. The molecule has 16 heavy (non-hydrogen) atoms. The van der Waals surface area contributed by atoms with Gasteiger partial charge in [-0.05, 0) is 18.2 Å². The predicted octanol–water partition coefficient (Wildman–Crippen LogP) is 0.824. The molecule has 0 spiro atoms. The SMILES string of the molecule is O=C1NC(=O)c2ccc(O)c3nccc1c23. The summed E-state index contributed by atoms with van der Waals surface area (Å²) in [5, 5.41) is 12.2. The highest BCUT2D eigenvalue weighted by molar-refractivity contribution is 6.25. The molecule has 0 saturated carbocycles. The molecular formula is C11H6N2O3. The Morgan fingerprint density at radius 1 is 1.06 bits per heavy atom. The van der Waals surface area contributed by atoms with Crippen LogP contribution in [0.2, 0.25) is 0 Å². The van der Waals surface area contributed by atoms with E-state index in [0.717, 1.165) is 0 Å². The van der Waals surface area contributed by atoms with Crippen molar-refractivity contribution in [1.82, 2.24) is 10.3 Å². The molecule has 3 rings (SSSR count). The van der Waals surface area contributed by atoms with E-state index in [9.17, 15) is 14.7 Å². The van der Waals surface area contributed by atoms with E-state index < -0.39 is 11.8 Å². The number of phenols is 1. The van der Waals surface area contributed by atoms with Crippen LogP contribution in [-0.2, 0) is 0 Å². The van der Waals surface area contributed by atoms with E-state index in [2.05, 4.69) is 10.3 Å². The van der Waals surface area contributed by atoms with Gasteiger partial charge in [-0.3, -0.25) is 19.9 Å². The molecule has 0 bridgehead atoms. The van der Waals surface area contributed by atoms with Crippen LogP contribution in [0.5, 0.6) is 5.75 Å². The molecule has 0 aliphatic carbocycles. The Hall–Kier alpha value is -2.43. The maximum atomic E-state index is 11.6. The van der Waals surface area contributed by atoms with Crippen molar-refractivity contribution in [2.45, 2.75) is 0 Å². The first-order valence-corrected chi connectivity index (χ1v) is 4.65. The molecule has 2 heterocycles. The van der Waals surface area contributed by atoms with Crippen molar-refractivity contribution < 1.29 is 14.7 Å². The third-order valence-corrected chi connectivity index (χ3v) is 2.59. The van der Waals surface area contributed by atoms with Gasteiger partial charge in [0.25, 0.3) is 11.8 Å². The maximum Gasteiger partial charge on any atom is 0.258 e. The first kappa shape index (κ1) is 8.84. The highest BCUT2D eigenvalue weighted by Gasteiger charge is 2.25. The predicted molar refractivity (Wildman–Crippen MR) is 55.2 cm³/mol. The number of nitrogens with one attached hydrogen (secondary N) is 1. The second kappa shape index (κ2) is 2.79. The zero-order chi connectivity index (χ0) is 11.3.